The molecule has 1 aromatic heterocycles. The highest BCUT2D eigenvalue weighted by atomic mass is 32.2. The molecule has 1 aliphatic heterocycles. The molecule has 1 fully saturated rings. The van der Waals surface area contributed by atoms with E-state index in [1.54, 1.807) is 24.8 Å². The molecule has 116 valence electrons. The Hall–Kier alpha value is -1.90. The van der Waals surface area contributed by atoms with Crippen LogP contribution in [0.25, 0.3) is 0 Å². The van der Waals surface area contributed by atoms with E-state index in [-0.39, 0.29) is 5.75 Å². The van der Waals surface area contributed by atoms with Crippen molar-refractivity contribution in [2.24, 2.45) is 0 Å². The lowest BCUT2D eigenvalue weighted by atomic mass is 10.0. The minimum atomic E-state index is -3.12. The molecule has 0 spiro atoms. The second-order valence-corrected chi connectivity index (χ2v) is 8.31. The van der Waals surface area contributed by atoms with Crippen LogP contribution in [0, 0.1) is 0 Å². The zero-order valence-electron chi connectivity index (χ0n) is 12.4. The van der Waals surface area contributed by atoms with Crippen molar-refractivity contribution in [2.75, 3.05) is 30.1 Å². The first kappa shape index (κ1) is 15.5. The summed E-state index contributed by atoms with van der Waals surface area (Å²) in [7, 11) is 0.534. The third-order valence-electron chi connectivity index (χ3n) is 3.68. The van der Waals surface area contributed by atoms with E-state index in [1.807, 2.05) is 14.1 Å². The number of nitrogens with zero attached hydrogens (tertiary/aromatic N) is 3. The standard InChI is InChI=1S/C12H19N5O3S/c1-12(2)8(6-21(12,19)20)15-11(18)16-9-5-10(17(3)4)14-7-13-9/h5,7-8H,6H2,1-4H3,(H2,13,14,15,16,18)/t8-/m0/s1. The molecule has 8 nitrogen and oxygen atoms in total. The molecule has 2 amide bonds. The monoisotopic (exact) mass is 313 g/mol. The Morgan fingerprint density at radius 1 is 1.38 bits per heavy atom. The summed E-state index contributed by atoms with van der Waals surface area (Å²) in [5.74, 6) is 0.971. The third-order valence-corrected chi connectivity index (χ3v) is 6.34. The molecule has 1 aromatic rings. The van der Waals surface area contributed by atoms with Gasteiger partial charge >= 0.3 is 6.03 Å². The number of hydrogen-bond acceptors (Lipinski definition) is 6. The molecule has 2 N–H and O–H groups in total. The average molecular weight is 313 g/mol. The maximum absolute atomic E-state index is 11.9. The fourth-order valence-corrected chi connectivity index (χ4v) is 3.59. The normalized spacial score (nSPS) is 22.0. The van der Waals surface area contributed by atoms with Gasteiger partial charge in [0.25, 0.3) is 0 Å². The molecule has 1 aliphatic rings. The van der Waals surface area contributed by atoms with E-state index in [1.165, 1.54) is 6.33 Å². The van der Waals surface area contributed by atoms with Crippen molar-refractivity contribution >= 4 is 27.5 Å². The van der Waals surface area contributed by atoms with Gasteiger partial charge in [0.1, 0.15) is 18.0 Å². The number of hydrogen-bond donors (Lipinski definition) is 2. The van der Waals surface area contributed by atoms with Gasteiger partial charge in [-0.15, -0.1) is 0 Å². The third kappa shape index (κ3) is 2.92. The fourth-order valence-electron chi connectivity index (χ4n) is 1.94. The van der Waals surface area contributed by atoms with Gasteiger partial charge in [0.15, 0.2) is 9.84 Å². The first-order chi connectivity index (χ1) is 9.63. The van der Waals surface area contributed by atoms with E-state index >= 15 is 0 Å². The maximum Gasteiger partial charge on any atom is 0.320 e. The van der Waals surface area contributed by atoms with Crippen molar-refractivity contribution < 1.29 is 13.2 Å². The molecule has 0 unspecified atom stereocenters. The zero-order chi connectivity index (χ0) is 15.8. The van der Waals surface area contributed by atoms with Crippen LogP contribution in [-0.4, -0.2) is 55.1 Å². The number of amides is 2. The average Bonchev–Trinajstić information content (AvgIpc) is 2.38. The molecule has 21 heavy (non-hydrogen) atoms. The number of sulfone groups is 1. The van der Waals surface area contributed by atoms with Crippen LogP contribution in [0.1, 0.15) is 13.8 Å². The lowest BCUT2D eigenvalue weighted by Crippen LogP contribution is -2.67. The molecule has 1 atom stereocenters. The van der Waals surface area contributed by atoms with E-state index in [0.717, 1.165) is 0 Å². The van der Waals surface area contributed by atoms with Crippen LogP contribution < -0.4 is 15.5 Å². The van der Waals surface area contributed by atoms with Gasteiger partial charge in [-0.05, 0) is 13.8 Å². The second-order valence-electron chi connectivity index (χ2n) is 5.69. The number of rotatable bonds is 3. The van der Waals surface area contributed by atoms with Gasteiger partial charge < -0.3 is 10.2 Å². The van der Waals surface area contributed by atoms with E-state index in [9.17, 15) is 13.2 Å². The Kier molecular flexibility index (Phi) is 3.79. The molecule has 0 radical (unpaired) electrons. The minimum Gasteiger partial charge on any atom is -0.363 e. The van der Waals surface area contributed by atoms with Gasteiger partial charge in [-0.3, -0.25) is 5.32 Å². The van der Waals surface area contributed by atoms with Crippen LogP contribution in [-0.2, 0) is 9.84 Å². The Bertz CT molecular complexity index is 657. The molecule has 9 heteroatoms. The van der Waals surface area contributed by atoms with Gasteiger partial charge in [-0.1, -0.05) is 0 Å². The number of carbonyl (C=O) groups excluding carboxylic acids is 1. The fraction of sp³-hybridized carbons (Fsp3) is 0.583. The van der Waals surface area contributed by atoms with Gasteiger partial charge in [0.2, 0.25) is 0 Å². The summed E-state index contributed by atoms with van der Waals surface area (Å²) >= 11 is 0. The SMILES string of the molecule is CN(C)c1cc(NC(=O)N[C@H]2CS(=O)(=O)C2(C)C)ncn1. The topological polar surface area (TPSA) is 104 Å². The van der Waals surface area contributed by atoms with Gasteiger partial charge in [0.05, 0.1) is 16.5 Å². The number of anilines is 2. The number of nitrogens with one attached hydrogen (secondary N) is 2. The smallest absolute Gasteiger partial charge is 0.320 e. The highest BCUT2D eigenvalue weighted by molar-refractivity contribution is 7.94. The molecule has 0 saturated carbocycles. The molecular weight excluding hydrogens is 294 g/mol. The van der Waals surface area contributed by atoms with Crippen LogP contribution in [0.5, 0.6) is 0 Å². The van der Waals surface area contributed by atoms with E-state index in [2.05, 4.69) is 20.6 Å². The van der Waals surface area contributed by atoms with Gasteiger partial charge in [0, 0.05) is 20.2 Å². The Morgan fingerprint density at radius 3 is 2.57 bits per heavy atom. The summed E-state index contributed by atoms with van der Waals surface area (Å²) in [4.78, 5) is 21.7. The van der Waals surface area contributed by atoms with E-state index in [0.29, 0.717) is 11.6 Å². The van der Waals surface area contributed by atoms with Crippen molar-refractivity contribution in [1.82, 2.24) is 15.3 Å². The van der Waals surface area contributed by atoms with Crippen LogP contribution >= 0.6 is 0 Å². The summed E-state index contributed by atoms with van der Waals surface area (Å²) in [6.07, 6.45) is 1.35. The van der Waals surface area contributed by atoms with Gasteiger partial charge in [-0.25, -0.2) is 23.2 Å². The number of carbonyl (C=O) groups is 1. The largest absolute Gasteiger partial charge is 0.363 e. The Morgan fingerprint density at radius 2 is 2.05 bits per heavy atom. The first-order valence-corrected chi connectivity index (χ1v) is 8.08. The summed E-state index contributed by atoms with van der Waals surface area (Å²) in [5.41, 5.74) is 0. The van der Waals surface area contributed by atoms with Crippen LogP contribution in [0.3, 0.4) is 0 Å². The lowest BCUT2D eigenvalue weighted by Gasteiger charge is -2.43. The molecular formula is C12H19N5O3S. The minimum absolute atomic E-state index is 0.0415. The van der Waals surface area contributed by atoms with E-state index in [4.69, 9.17) is 0 Å². The summed E-state index contributed by atoms with van der Waals surface area (Å²) in [6.45, 7) is 3.21. The predicted molar refractivity (Wildman–Crippen MR) is 80.2 cm³/mol. The number of aromatic nitrogens is 2. The summed E-state index contributed by atoms with van der Waals surface area (Å²) < 4.78 is 22.3. The van der Waals surface area contributed by atoms with Gasteiger partial charge in [-0.2, -0.15) is 0 Å². The lowest BCUT2D eigenvalue weighted by molar-refractivity contribution is 0.245. The highest BCUT2D eigenvalue weighted by Gasteiger charge is 2.54. The van der Waals surface area contributed by atoms with Crippen LogP contribution in [0.15, 0.2) is 12.4 Å². The van der Waals surface area contributed by atoms with Crippen molar-refractivity contribution in [3.05, 3.63) is 12.4 Å². The summed E-state index contributed by atoms with van der Waals surface area (Å²) in [5, 5.41) is 5.23. The summed E-state index contributed by atoms with van der Waals surface area (Å²) in [6, 6.07) is 0.742. The van der Waals surface area contributed by atoms with Crippen LogP contribution in [0.2, 0.25) is 0 Å². The zero-order valence-corrected chi connectivity index (χ0v) is 13.2. The molecule has 1 saturated heterocycles. The Labute approximate surface area is 123 Å². The molecule has 0 aromatic carbocycles. The van der Waals surface area contributed by atoms with Crippen molar-refractivity contribution in [2.45, 2.75) is 24.6 Å². The van der Waals surface area contributed by atoms with E-state index < -0.39 is 26.7 Å². The first-order valence-electron chi connectivity index (χ1n) is 6.42. The number of urea groups is 1. The van der Waals surface area contributed by atoms with Crippen molar-refractivity contribution in [3.63, 3.8) is 0 Å². The molecule has 2 rings (SSSR count). The second kappa shape index (κ2) is 5.14. The molecule has 0 bridgehead atoms. The predicted octanol–water partition coefficient (Wildman–Crippen LogP) is 0.240. The Balaban J connectivity index is 1.99. The molecule has 2 heterocycles. The molecule has 0 aliphatic carbocycles. The van der Waals surface area contributed by atoms with Crippen LogP contribution in [0.4, 0.5) is 16.4 Å². The van der Waals surface area contributed by atoms with Crippen molar-refractivity contribution in [1.29, 1.82) is 0 Å². The quantitative estimate of drug-likeness (QED) is 0.828. The maximum atomic E-state index is 11.9. The highest BCUT2D eigenvalue weighted by Crippen LogP contribution is 2.33. The van der Waals surface area contributed by atoms with Crippen molar-refractivity contribution in [3.8, 4) is 0 Å².